The summed E-state index contributed by atoms with van der Waals surface area (Å²) in [5.74, 6) is 0. The third-order valence-electron chi connectivity index (χ3n) is 3.47. The largest absolute Gasteiger partial charge is 2.00 e. The number of hydrogen-bond donors (Lipinski definition) is 0. The van der Waals surface area contributed by atoms with Gasteiger partial charge in [-0.1, -0.05) is 60.7 Å². The fraction of sp³-hybridized carbons (Fsp3) is 0.200. The molecule has 0 radical (unpaired) electrons. The Balaban J connectivity index is 0.000000523. The van der Waals surface area contributed by atoms with E-state index in [0.29, 0.717) is 24.0 Å². The van der Waals surface area contributed by atoms with Gasteiger partial charge in [0.05, 0.1) is 9.79 Å². The SMILES string of the molecule is C=C(C)Cc1ccccc1S(=O)(=O)[O-].C=C(C)Cc1ccccc1S(=O)(=O)[O-].[Mg+2]. The molecule has 2 aromatic rings. The maximum absolute atomic E-state index is 10.8. The average molecular weight is 447 g/mol. The summed E-state index contributed by atoms with van der Waals surface area (Å²) in [6.45, 7) is 10.9. The maximum Gasteiger partial charge on any atom is 2.00 e. The van der Waals surface area contributed by atoms with E-state index in [1.165, 1.54) is 24.3 Å². The fourth-order valence-electron chi connectivity index (χ4n) is 2.44. The van der Waals surface area contributed by atoms with Gasteiger partial charge >= 0.3 is 23.1 Å². The first-order valence-electron chi connectivity index (χ1n) is 8.18. The minimum atomic E-state index is -4.37. The number of rotatable bonds is 6. The van der Waals surface area contributed by atoms with Crippen molar-refractivity contribution in [2.24, 2.45) is 0 Å². The molecule has 0 aromatic heterocycles. The van der Waals surface area contributed by atoms with Crippen molar-refractivity contribution < 1.29 is 25.9 Å². The minimum Gasteiger partial charge on any atom is -0.744 e. The minimum absolute atomic E-state index is 0. The van der Waals surface area contributed by atoms with Gasteiger partial charge in [0, 0.05) is 0 Å². The van der Waals surface area contributed by atoms with Crippen LogP contribution in [-0.4, -0.2) is 49.0 Å². The van der Waals surface area contributed by atoms with Gasteiger partial charge in [-0.15, -0.1) is 0 Å². The second-order valence-electron chi connectivity index (χ2n) is 6.39. The summed E-state index contributed by atoms with van der Waals surface area (Å²) >= 11 is 0. The summed E-state index contributed by atoms with van der Waals surface area (Å²) < 4.78 is 65.1. The van der Waals surface area contributed by atoms with Crippen LogP contribution in [0.5, 0.6) is 0 Å². The van der Waals surface area contributed by atoms with Crippen LogP contribution in [0, 0.1) is 0 Å². The molecule has 0 spiro atoms. The summed E-state index contributed by atoms with van der Waals surface area (Å²) in [6, 6.07) is 12.4. The summed E-state index contributed by atoms with van der Waals surface area (Å²) in [4.78, 5) is -0.300. The van der Waals surface area contributed by atoms with Gasteiger partial charge in [0.15, 0.2) is 0 Å². The van der Waals surface area contributed by atoms with Gasteiger partial charge in [0.25, 0.3) is 0 Å². The van der Waals surface area contributed by atoms with E-state index in [2.05, 4.69) is 13.2 Å². The molecule has 2 aromatic carbocycles. The first kappa shape index (κ1) is 27.5. The van der Waals surface area contributed by atoms with Gasteiger partial charge < -0.3 is 9.11 Å². The summed E-state index contributed by atoms with van der Waals surface area (Å²) in [5, 5.41) is 0. The van der Waals surface area contributed by atoms with Crippen LogP contribution in [0.25, 0.3) is 0 Å². The van der Waals surface area contributed by atoms with Crippen LogP contribution >= 0.6 is 0 Å². The Bertz CT molecular complexity index is 986. The molecule has 0 atom stereocenters. The van der Waals surface area contributed by atoms with Crippen LogP contribution in [0.3, 0.4) is 0 Å². The average Bonchev–Trinajstić information content (AvgIpc) is 2.53. The molecule has 0 saturated heterocycles. The zero-order valence-corrected chi connectivity index (χ0v) is 19.5. The van der Waals surface area contributed by atoms with Crippen molar-refractivity contribution in [1.82, 2.24) is 0 Å². The predicted octanol–water partition coefficient (Wildman–Crippen LogP) is 3.04. The van der Waals surface area contributed by atoms with Gasteiger partial charge in [-0.25, -0.2) is 16.8 Å². The Morgan fingerprint density at radius 1 is 0.724 bits per heavy atom. The first-order valence-corrected chi connectivity index (χ1v) is 11.0. The van der Waals surface area contributed by atoms with Crippen LogP contribution in [-0.2, 0) is 33.1 Å². The quantitative estimate of drug-likeness (QED) is 0.382. The molecule has 0 aliphatic heterocycles. The topological polar surface area (TPSA) is 114 Å². The van der Waals surface area contributed by atoms with Crippen molar-refractivity contribution in [3.63, 3.8) is 0 Å². The Labute approximate surface area is 189 Å². The molecule has 152 valence electrons. The van der Waals surface area contributed by atoms with E-state index in [9.17, 15) is 25.9 Å². The predicted molar refractivity (Wildman–Crippen MR) is 112 cm³/mol. The van der Waals surface area contributed by atoms with E-state index in [0.717, 1.165) is 11.1 Å². The molecular formula is C20H22MgO6S2. The molecule has 0 aliphatic carbocycles. The number of benzene rings is 2. The standard InChI is InChI=1S/2C10H12O3S.Mg/c2*1-8(2)7-9-5-3-4-6-10(9)14(11,12)13;/h2*3-6H,1,7H2,2H3,(H,11,12,13);/q;;+2/p-2. The molecule has 2 rings (SSSR count). The molecule has 0 saturated carbocycles. The molecule has 6 nitrogen and oxygen atoms in total. The van der Waals surface area contributed by atoms with E-state index in [4.69, 9.17) is 0 Å². The van der Waals surface area contributed by atoms with E-state index in [1.807, 2.05) is 0 Å². The molecule has 29 heavy (non-hydrogen) atoms. The summed E-state index contributed by atoms with van der Waals surface area (Å²) in [6.07, 6.45) is 0.829. The zero-order valence-electron chi connectivity index (χ0n) is 16.4. The molecular weight excluding hydrogens is 425 g/mol. The Morgan fingerprint density at radius 3 is 1.24 bits per heavy atom. The van der Waals surface area contributed by atoms with Gasteiger partial charge in [-0.3, -0.25) is 0 Å². The van der Waals surface area contributed by atoms with Crippen LogP contribution in [0.15, 0.2) is 82.6 Å². The summed E-state index contributed by atoms with van der Waals surface area (Å²) in [7, 11) is -8.74. The van der Waals surface area contributed by atoms with Crippen molar-refractivity contribution in [2.45, 2.75) is 36.5 Å². The van der Waals surface area contributed by atoms with Crippen molar-refractivity contribution in [3.8, 4) is 0 Å². The molecule has 9 heteroatoms. The van der Waals surface area contributed by atoms with Crippen LogP contribution in [0.1, 0.15) is 25.0 Å². The monoisotopic (exact) mass is 446 g/mol. The van der Waals surface area contributed by atoms with E-state index in [1.54, 1.807) is 38.1 Å². The van der Waals surface area contributed by atoms with E-state index < -0.39 is 20.2 Å². The van der Waals surface area contributed by atoms with Gasteiger partial charge in [-0.2, -0.15) is 0 Å². The molecule has 0 N–H and O–H groups in total. The Kier molecular flexibility index (Phi) is 11.0. The normalized spacial score (nSPS) is 10.9. The zero-order chi connectivity index (χ0) is 21.5. The second kappa shape index (κ2) is 11.6. The van der Waals surface area contributed by atoms with Crippen LogP contribution < -0.4 is 0 Å². The van der Waals surface area contributed by atoms with Crippen LogP contribution in [0.2, 0.25) is 0 Å². The van der Waals surface area contributed by atoms with Crippen molar-refractivity contribution in [1.29, 1.82) is 0 Å². The van der Waals surface area contributed by atoms with E-state index >= 15 is 0 Å². The Hall–Kier alpha value is -1.49. The molecule has 0 unspecified atom stereocenters. The fourth-order valence-corrected chi connectivity index (χ4v) is 3.85. The van der Waals surface area contributed by atoms with Crippen molar-refractivity contribution >= 4 is 43.3 Å². The molecule has 0 heterocycles. The van der Waals surface area contributed by atoms with E-state index in [-0.39, 0.29) is 32.8 Å². The van der Waals surface area contributed by atoms with Gasteiger partial charge in [0.2, 0.25) is 0 Å². The van der Waals surface area contributed by atoms with Crippen molar-refractivity contribution in [3.05, 3.63) is 84.0 Å². The van der Waals surface area contributed by atoms with Crippen molar-refractivity contribution in [2.75, 3.05) is 0 Å². The smallest absolute Gasteiger partial charge is 0.744 e. The maximum atomic E-state index is 10.8. The van der Waals surface area contributed by atoms with Gasteiger partial charge in [-0.05, 0) is 49.9 Å². The molecule has 0 bridgehead atoms. The molecule has 0 aliphatic rings. The number of allylic oxidation sites excluding steroid dienone is 2. The number of hydrogen-bond acceptors (Lipinski definition) is 6. The molecule has 0 fully saturated rings. The second-order valence-corrected chi connectivity index (χ2v) is 9.09. The first-order chi connectivity index (χ1) is 12.8. The third kappa shape index (κ3) is 9.70. The van der Waals surface area contributed by atoms with Crippen LogP contribution in [0.4, 0.5) is 0 Å². The Morgan fingerprint density at radius 2 is 1.00 bits per heavy atom. The molecule has 0 amide bonds. The third-order valence-corrected chi connectivity index (χ3v) is 5.34. The van der Waals surface area contributed by atoms with Gasteiger partial charge in [0.1, 0.15) is 20.2 Å². The summed E-state index contributed by atoms with van der Waals surface area (Å²) in [5.41, 5.74) is 2.66.